The SMILES string of the molecule is COc1ccc(C(=O)N(/C=C/CC=O)c2ccccc2)cc1OC. The molecule has 5 heteroatoms. The molecule has 0 unspecified atom stereocenters. The Labute approximate surface area is 141 Å². The number of carbonyl (C=O) groups excluding carboxylic acids is 2. The summed E-state index contributed by atoms with van der Waals surface area (Å²) in [5, 5.41) is 0. The van der Waals surface area contributed by atoms with Crippen LogP contribution in [-0.4, -0.2) is 26.4 Å². The van der Waals surface area contributed by atoms with E-state index >= 15 is 0 Å². The van der Waals surface area contributed by atoms with Crippen LogP contribution in [0.4, 0.5) is 5.69 Å². The molecule has 0 atom stereocenters. The minimum atomic E-state index is -0.232. The van der Waals surface area contributed by atoms with Crippen LogP contribution in [0.25, 0.3) is 0 Å². The quantitative estimate of drug-likeness (QED) is 0.732. The van der Waals surface area contributed by atoms with Crippen molar-refractivity contribution in [2.45, 2.75) is 6.42 Å². The number of aldehydes is 1. The van der Waals surface area contributed by atoms with Crippen LogP contribution < -0.4 is 14.4 Å². The van der Waals surface area contributed by atoms with Crippen LogP contribution in [0.3, 0.4) is 0 Å². The average Bonchev–Trinajstić information content (AvgIpc) is 2.65. The number of para-hydroxylation sites is 1. The fourth-order valence-electron chi connectivity index (χ4n) is 2.19. The molecule has 2 aromatic carbocycles. The standard InChI is InChI=1S/C19H19NO4/c1-23-17-11-10-15(14-18(17)24-2)19(22)20(12-6-7-13-21)16-8-4-3-5-9-16/h3-6,8-14H,7H2,1-2H3/b12-6+. The number of benzene rings is 2. The van der Waals surface area contributed by atoms with Gasteiger partial charge in [-0.05, 0) is 30.3 Å². The zero-order chi connectivity index (χ0) is 17.4. The first-order valence-corrected chi connectivity index (χ1v) is 7.42. The predicted octanol–water partition coefficient (Wildman–Crippen LogP) is 3.45. The first-order valence-electron chi connectivity index (χ1n) is 7.42. The van der Waals surface area contributed by atoms with Gasteiger partial charge in [-0.2, -0.15) is 0 Å². The molecule has 5 nitrogen and oxygen atoms in total. The van der Waals surface area contributed by atoms with E-state index in [4.69, 9.17) is 9.47 Å². The maximum Gasteiger partial charge on any atom is 0.262 e. The van der Waals surface area contributed by atoms with Crippen LogP contribution >= 0.6 is 0 Å². The molecule has 0 heterocycles. The highest BCUT2D eigenvalue weighted by Crippen LogP contribution is 2.29. The van der Waals surface area contributed by atoms with Gasteiger partial charge in [0.15, 0.2) is 11.5 Å². The van der Waals surface area contributed by atoms with Gasteiger partial charge in [0.25, 0.3) is 5.91 Å². The van der Waals surface area contributed by atoms with Gasteiger partial charge in [0.2, 0.25) is 0 Å². The molecule has 2 aromatic rings. The Morgan fingerprint density at radius 2 is 1.75 bits per heavy atom. The van der Waals surface area contributed by atoms with E-state index in [1.807, 2.05) is 30.3 Å². The van der Waals surface area contributed by atoms with Crippen LogP contribution in [0.5, 0.6) is 11.5 Å². The number of carbonyl (C=O) groups is 2. The van der Waals surface area contributed by atoms with Crippen LogP contribution in [0.2, 0.25) is 0 Å². The van der Waals surface area contributed by atoms with Crippen LogP contribution in [0.1, 0.15) is 16.8 Å². The maximum atomic E-state index is 12.9. The fraction of sp³-hybridized carbons (Fsp3) is 0.158. The van der Waals surface area contributed by atoms with E-state index in [1.165, 1.54) is 19.1 Å². The summed E-state index contributed by atoms with van der Waals surface area (Å²) in [7, 11) is 3.06. The average molecular weight is 325 g/mol. The topological polar surface area (TPSA) is 55.8 Å². The van der Waals surface area contributed by atoms with Gasteiger partial charge in [-0.15, -0.1) is 0 Å². The molecule has 24 heavy (non-hydrogen) atoms. The molecule has 0 saturated heterocycles. The molecule has 0 spiro atoms. The van der Waals surface area contributed by atoms with Crippen molar-refractivity contribution >= 4 is 17.9 Å². The largest absolute Gasteiger partial charge is 0.493 e. The van der Waals surface area contributed by atoms with Crippen molar-refractivity contribution in [1.29, 1.82) is 0 Å². The van der Waals surface area contributed by atoms with Crippen molar-refractivity contribution in [3.8, 4) is 11.5 Å². The molecular weight excluding hydrogens is 306 g/mol. The monoisotopic (exact) mass is 325 g/mol. The Kier molecular flexibility index (Phi) is 6.14. The normalized spacial score (nSPS) is 10.4. The third kappa shape index (κ3) is 4.01. The molecule has 124 valence electrons. The third-order valence-electron chi connectivity index (χ3n) is 3.37. The Balaban J connectivity index is 2.39. The zero-order valence-corrected chi connectivity index (χ0v) is 13.6. The van der Waals surface area contributed by atoms with E-state index in [0.29, 0.717) is 22.7 Å². The smallest absolute Gasteiger partial charge is 0.262 e. The first kappa shape index (κ1) is 17.3. The molecule has 0 aromatic heterocycles. The highest BCUT2D eigenvalue weighted by molar-refractivity contribution is 6.07. The molecule has 0 saturated carbocycles. The summed E-state index contributed by atoms with van der Waals surface area (Å²) in [4.78, 5) is 24.9. The highest BCUT2D eigenvalue weighted by Gasteiger charge is 2.17. The number of anilines is 1. The summed E-state index contributed by atoms with van der Waals surface area (Å²) in [6, 6.07) is 14.2. The lowest BCUT2D eigenvalue weighted by molar-refractivity contribution is -0.107. The molecule has 2 rings (SSSR count). The van der Waals surface area contributed by atoms with Crippen molar-refractivity contribution < 1.29 is 19.1 Å². The number of hydrogen-bond acceptors (Lipinski definition) is 4. The Morgan fingerprint density at radius 1 is 1.04 bits per heavy atom. The summed E-state index contributed by atoms with van der Waals surface area (Å²) < 4.78 is 10.4. The van der Waals surface area contributed by atoms with E-state index < -0.39 is 0 Å². The summed E-state index contributed by atoms with van der Waals surface area (Å²) in [5.74, 6) is 0.800. The lowest BCUT2D eigenvalue weighted by atomic mass is 10.1. The van der Waals surface area contributed by atoms with Gasteiger partial charge < -0.3 is 14.3 Å². The van der Waals surface area contributed by atoms with Gasteiger partial charge in [0.1, 0.15) is 6.29 Å². The number of ether oxygens (including phenoxy) is 2. The van der Waals surface area contributed by atoms with E-state index in [-0.39, 0.29) is 12.3 Å². The number of rotatable bonds is 7. The van der Waals surface area contributed by atoms with Crippen molar-refractivity contribution in [1.82, 2.24) is 0 Å². The number of hydrogen-bond donors (Lipinski definition) is 0. The number of nitrogens with zero attached hydrogens (tertiary/aromatic N) is 1. The molecule has 0 N–H and O–H groups in total. The van der Waals surface area contributed by atoms with E-state index in [0.717, 1.165) is 6.29 Å². The maximum absolute atomic E-state index is 12.9. The van der Waals surface area contributed by atoms with Gasteiger partial charge in [-0.25, -0.2) is 0 Å². The van der Waals surface area contributed by atoms with Crippen LogP contribution in [0.15, 0.2) is 60.8 Å². The Morgan fingerprint density at radius 3 is 2.38 bits per heavy atom. The fourth-order valence-corrected chi connectivity index (χ4v) is 2.19. The molecule has 1 amide bonds. The molecule has 0 aliphatic carbocycles. The second-order valence-electron chi connectivity index (χ2n) is 4.87. The minimum absolute atomic E-state index is 0.232. The van der Waals surface area contributed by atoms with E-state index in [1.54, 1.807) is 30.5 Å². The molecule has 0 bridgehead atoms. The van der Waals surface area contributed by atoms with Gasteiger partial charge in [-0.3, -0.25) is 9.69 Å². The molecule has 0 fully saturated rings. The van der Waals surface area contributed by atoms with Gasteiger partial charge >= 0.3 is 0 Å². The van der Waals surface area contributed by atoms with Crippen molar-refractivity contribution in [2.24, 2.45) is 0 Å². The summed E-state index contributed by atoms with van der Waals surface area (Å²) >= 11 is 0. The van der Waals surface area contributed by atoms with E-state index in [2.05, 4.69) is 0 Å². The molecular formula is C19H19NO4. The Hall–Kier alpha value is -3.08. The van der Waals surface area contributed by atoms with Crippen molar-refractivity contribution in [3.63, 3.8) is 0 Å². The second kappa shape index (κ2) is 8.53. The van der Waals surface area contributed by atoms with Crippen LogP contribution in [-0.2, 0) is 4.79 Å². The number of amides is 1. The van der Waals surface area contributed by atoms with Crippen molar-refractivity contribution in [3.05, 3.63) is 66.4 Å². The number of allylic oxidation sites excluding steroid dienone is 1. The van der Waals surface area contributed by atoms with Gasteiger partial charge in [0, 0.05) is 23.9 Å². The Bertz CT molecular complexity index is 725. The first-order chi connectivity index (χ1) is 11.7. The molecule has 0 radical (unpaired) electrons. The third-order valence-corrected chi connectivity index (χ3v) is 3.37. The lowest BCUT2D eigenvalue weighted by Crippen LogP contribution is -2.25. The van der Waals surface area contributed by atoms with Gasteiger partial charge in [-0.1, -0.05) is 24.3 Å². The lowest BCUT2D eigenvalue weighted by Gasteiger charge is -2.19. The summed E-state index contributed by atoms with van der Waals surface area (Å²) in [6.45, 7) is 0. The molecule has 0 aliphatic rings. The predicted molar refractivity (Wildman–Crippen MR) is 92.6 cm³/mol. The molecule has 0 aliphatic heterocycles. The summed E-state index contributed by atoms with van der Waals surface area (Å²) in [6.07, 6.45) is 4.25. The zero-order valence-electron chi connectivity index (χ0n) is 13.6. The van der Waals surface area contributed by atoms with Gasteiger partial charge in [0.05, 0.1) is 14.2 Å². The van der Waals surface area contributed by atoms with Crippen molar-refractivity contribution in [2.75, 3.05) is 19.1 Å². The second-order valence-corrected chi connectivity index (χ2v) is 4.87. The highest BCUT2D eigenvalue weighted by atomic mass is 16.5. The van der Waals surface area contributed by atoms with Crippen LogP contribution in [0, 0.1) is 0 Å². The minimum Gasteiger partial charge on any atom is -0.493 e. The number of methoxy groups -OCH3 is 2. The summed E-state index contributed by atoms with van der Waals surface area (Å²) in [5.41, 5.74) is 1.16. The van der Waals surface area contributed by atoms with E-state index in [9.17, 15) is 9.59 Å².